The topological polar surface area (TPSA) is 147 Å². The van der Waals surface area contributed by atoms with Crippen LogP contribution in [0.4, 0.5) is 10.5 Å². The zero-order chi connectivity index (χ0) is 24.2. The zero-order valence-corrected chi connectivity index (χ0v) is 19.7. The maximum absolute atomic E-state index is 12.9. The lowest BCUT2D eigenvalue weighted by atomic mass is 10.1. The molecule has 0 saturated carbocycles. The van der Waals surface area contributed by atoms with Crippen LogP contribution in [0, 0.1) is 10.1 Å². The molecule has 180 valence electrons. The molecule has 1 aromatic carbocycles. The summed E-state index contributed by atoms with van der Waals surface area (Å²) >= 11 is 1.28. The number of aromatic nitrogens is 1. The van der Waals surface area contributed by atoms with Gasteiger partial charge in [-0.3, -0.25) is 19.2 Å². The number of hydrogen-bond donors (Lipinski definition) is 0. The summed E-state index contributed by atoms with van der Waals surface area (Å²) < 4.78 is 44.1. The number of non-ortho nitro benzene ring substituents is 1. The minimum absolute atomic E-state index is 0.0122. The minimum Gasteiger partial charge on any atom is -0.445 e. The first-order valence-electron chi connectivity index (χ1n) is 9.67. The molecule has 0 spiro atoms. The first kappa shape index (κ1) is 25.0. The van der Waals surface area contributed by atoms with E-state index < -0.39 is 39.6 Å². The van der Waals surface area contributed by atoms with Gasteiger partial charge in [0.1, 0.15) is 11.6 Å². The summed E-state index contributed by atoms with van der Waals surface area (Å²) in [7, 11) is -0.787. The second-order valence-corrected chi connectivity index (χ2v) is 9.71. The quantitative estimate of drug-likeness (QED) is 0.217. The Morgan fingerprint density at radius 1 is 1.30 bits per heavy atom. The summed E-state index contributed by atoms with van der Waals surface area (Å²) in [4.78, 5) is 29.0. The van der Waals surface area contributed by atoms with Gasteiger partial charge in [-0.15, -0.1) is 11.3 Å². The zero-order valence-electron chi connectivity index (χ0n) is 18.1. The Kier molecular flexibility index (Phi) is 7.97. The normalized spacial score (nSPS) is 18.6. The van der Waals surface area contributed by atoms with E-state index in [2.05, 4.69) is 4.98 Å². The summed E-state index contributed by atoms with van der Waals surface area (Å²) in [6.45, 7) is -0.128. The third kappa shape index (κ3) is 6.45. The Morgan fingerprint density at radius 3 is 2.55 bits per heavy atom. The number of ether oxygens (including phenoxy) is 3. The summed E-state index contributed by atoms with van der Waals surface area (Å²) in [5.41, 5.74) is 1.02. The van der Waals surface area contributed by atoms with Crippen molar-refractivity contribution >= 4 is 33.2 Å². The van der Waals surface area contributed by atoms with Gasteiger partial charge in [-0.1, -0.05) is 0 Å². The Labute approximate surface area is 194 Å². The lowest BCUT2D eigenvalue weighted by Crippen LogP contribution is -2.33. The highest BCUT2D eigenvalue weighted by atomic mass is 32.2. The number of likely N-dealkylation sites (tertiary alicyclic amines) is 1. The van der Waals surface area contributed by atoms with Crippen molar-refractivity contribution in [3.05, 3.63) is 56.0 Å². The van der Waals surface area contributed by atoms with Gasteiger partial charge in [-0.25, -0.2) is 9.78 Å². The number of rotatable bonds is 9. The first-order valence-corrected chi connectivity index (χ1v) is 12.4. The first-order chi connectivity index (χ1) is 15.6. The molecule has 1 aromatic heterocycles. The Balaban J connectivity index is 1.75. The van der Waals surface area contributed by atoms with E-state index in [1.54, 1.807) is 5.38 Å². The molecule has 2 heterocycles. The molecule has 1 aliphatic rings. The highest BCUT2D eigenvalue weighted by molar-refractivity contribution is 7.86. The van der Waals surface area contributed by atoms with Crippen LogP contribution in [0.2, 0.25) is 0 Å². The molecule has 3 rings (SSSR count). The average molecular weight is 502 g/mol. The smallest absolute Gasteiger partial charge is 0.410 e. The SMILES string of the molecule is COC(OC)c1nc([C@H]2C[C@@H](OS(C)(=O)=O)CN2C(=O)OCc2ccc([N+](=O)[O-])cc2)cs1. The molecule has 1 amide bonds. The standard InChI is InChI=1S/C19H23N3O9S2/c1-28-18(29-2)17-20-15(11-32-17)16-8-14(31-33(3,26)27)9-21(16)19(23)30-10-12-4-6-13(7-5-12)22(24)25/h4-7,11,14,16,18H,8-10H2,1-3H3/t14-,16-/m1/s1. The molecule has 0 bridgehead atoms. The summed E-state index contributed by atoms with van der Waals surface area (Å²) in [6, 6.07) is 5.03. The Morgan fingerprint density at radius 2 is 1.97 bits per heavy atom. The van der Waals surface area contributed by atoms with Crippen LogP contribution >= 0.6 is 11.3 Å². The van der Waals surface area contributed by atoms with Gasteiger partial charge in [0.25, 0.3) is 15.8 Å². The van der Waals surface area contributed by atoms with E-state index in [1.165, 1.54) is 54.7 Å². The van der Waals surface area contributed by atoms with Crippen LogP contribution < -0.4 is 0 Å². The van der Waals surface area contributed by atoms with E-state index in [1.807, 2.05) is 0 Å². The molecule has 1 aliphatic heterocycles. The predicted octanol–water partition coefficient (Wildman–Crippen LogP) is 2.77. The lowest BCUT2D eigenvalue weighted by Gasteiger charge is -2.22. The van der Waals surface area contributed by atoms with Gasteiger partial charge in [-0.2, -0.15) is 8.42 Å². The average Bonchev–Trinajstić information content (AvgIpc) is 3.39. The highest BCUT2D eigenvalue weighted by Gasteiger charge is 2.40. The summed E-state index contributed by atoms with van der Waals surface area (Å²) in [5, 5.41) is 13.1. The van der Waals surface area contributed by atoms with E-state index in [0.717, 1.165) is 6.26 Å². The van der Waals surface area contributed by atoms with Crippen LogP contribution in [-0.2, 0) is 35.1 Å². The third-order valence-electron chi connectivity index (χ3n) is 4.83. The van der Waals surface area contributed by atoms with Gasteiger partial charge in [0, 0.05) is 38.2 Å². The van der Waals surface area contributed by atoms with Crippen LogP contribution in [0.1, 0.15) is 35.0 Å². The van der Waals surface area contributed by atoms with Crippen LogP contribution in [0.3, 0.4) is 0 Å². The van der Waals surface area contributed by atoms with E-state index in [9.17, 15) is 23.3 Å². The molecule has 2 aromatic rings. The van der Waals surface area contributed by atoms with E-state index in [4.69, 9.17) is 18.4 Å². The summed E-state index contributed by atoms with van der Waals surface area (Å²) in [6.07, 6.45) is -0.977. The fourth-order valence-corrected chi connectivity index (χ4v) is 4.95. The molecule has 12 nitrogen and oxygen atoms in total. The van der Waals surface area contributed by atoms with Gasteiger partial charge >= 0.3 is 6.09 Å². The molecule has 1 saturated heterocycles. The maximum Gasteiger partial charge on any atom is 0.410 e. The van der Waals surface area contributed by atoms with Crippen molar-refractivity contribution < 1.29 is 36.5 Å². The number of nitrogens with zero attached hydrogens (tertiary/aromatic N) is 3. The number of carbonyl (C=O) groups excluding carboxylic acids is 1. The third-order valence-corrected chi connectivity index (χ3v) is 6.33. The van der Waals surface area contributed by atoms with E-state index in [0.29, 0.717) is 16.3 Å². The Bertz CT molecular complexity index is 1080. The van der Waals surface area contributed by atoms with Crippen LogP contribution in [-0.4, -0.2) is 62.4 Å². The van der Waals surface area contributed by atoms with Crippen molar-refractivity contribution in [2.45, 2.75) is 31.5 Å². The second-order valence-electron chi connectivity index (χ2n) is 7.22. The molecule has 0 unspecified atom stereocenters. The van der Waals surface area contributed by atoms with Crippen LogP contribution in [0.5, 0.6) is 0 Å². The van der Waals surface area contributed by atoms with Crippen molar-refractivity contribution in [1.29, 1.82) is 0 Å². The fraction of sp³-hybridized carbons (Fsp3) is 0.474. The van der Waals surface area contributed by atoms with Gasteiger partial charge < -0.3 is 14.2 Å². The molecule has 33 heavy (non-hydrogen) atoms. The maximum atomic E-state index is 12.9. The predicted molar refractivity (Wildman–Crippen MR) is 116 cm³/mol. The van der Waals surface area contributed by atoms with Crippen molar-refractivity contribution in [2.24, 2.45) is 0 Å². The molecule has 0 aliphatic carbocycles. The number of amides is 1. The van der Waals surface area contributed by atoms with Gasteiger partial charge in [0.05, 0.1) is 35.6 Å². The Hall–Kier alpha value is -2.65. The lowest BCUT2D eigenvalue weighted by molar-refractivity contribution is -0.384. The molecule has 14 heteroatoms. The van der Waals surface area contributed by atoms with Crippen molar-refractivity contribution in [3.8, 4) is 0 Å². The number of methoxy groups -OCH3 is 2. The molecule has 0 radical (unpaired) electrons. The number of thiazole rings is 1. The number of carbonyl (C=O) groups is 1. The van der Waals surface area contributed by atoms with E-state index in [-0.39, 0.29) is 25.3 Å². The molecule has 2 atom stereocenters. The molecular weight excluding hydrogens is 478 g/mol. The van der Waals surface area contributed by atoms with Gasteiger partial charge in [-0.05, 0) is 17.7 Å². The summed E-state index contributed by atoms with van der Waals surface area (Å²) in [5.74, 6) is 0. The second kappa shape index (κ2) is 10.5. The highest BCUT2D eigenvalue weighted by Crippen LogP contribution is 2.36. The fourth-order valence-electron chi connectivity index (χ4n) is 3.40. The van der Waals surface area contributed by atoms with E-state index >= 15 is 0 Å². The molecule has 1 fully saturated rings. The van der Waals surface area contributed by atoms with Crippen LogP contribution in [0.25, 0.3) is 0 Å². The number of nitro benzene ring substituents is 1. The largest absolute Gasteiger partial charge is 0.445 e. The van der Waals surface area contributed by atoms with Crippen molar-refractivity contribution in [1.82, 2.24) is 9.88 Å². The van der Waals surface area contributed by atoms with Gasteiger partial charge in [0.15, 0.2) is 0 Å². The number of nitro groups is 1. The van der Waals surface area contributed by atoms with Crippen molar-refractivity contribution in [3.63, 3.8) is 0 Å². The number of benzene rings is 1. The van der Waals surface area contributed by atoms with Crippen molar-refractivity contribution in [2.75, 3.05) is 27.0 Å². The van der Waals surface area contributed by atoms with Crippen LogP contribution in [0.15, 0.2) is 29.6 Å². The number of hydrogen-bond acceptors (Lipinski definition) is 11. The molecule has 0 N–H and O–H groups in total. The van der Waals surface area contributed by atoms with Gasteiger partial charge in [0.2, 0.25) is 6.29 Å². The monoisotopic (exact) mass is 501 g/mol. The molecular formula is C19H23N3O9S2. The minimum atomic E-state index is -3.74.